The summed E-state index contributed by atoms with van der Waals surface area (Å²) in [5.74, 6) is -2.65. The molecule has 0 radical (unpaired) electrons. The Morgan fingerprint density at radius 3 is 2.59 bits per heavy atom. The highest BCUT2D eigenvalue weighted by atomic mass is 19.3. The summed E-state index contributed by atoms with van der Waals surface area (Å²) in [4.78, 5) is 17.5. The lowest BCUT2D eigenvalue weighted by atomic mass is 9.87. The second kappa shape index (κ2) is 10.4. The largest absolute Gasteiger partial charge is 0.508 e. The molecular weight excluding hydrogens is 643 g/mol. The molecule has 2 aromatic heterocycles. The van der Waals surface area contributed by atoms with Crippen LogP contribution in [0.5, 0.6) is 11.8 Å². The highest BCUT2D eigenvalue weighted by molar-refractivity contribution is 6.03. The van der Waals surface area contributed by atoms with Crippen molar-refractivity contribution in [3.8, 4) is 35.4 Å². The number of hydrogen-bond acceptors (Lipinski definition) is 8. The monoisotopic (exact) mass is 676 g/mol. The van der Waals surface area contributed by atoms with E-state index in [-0.39, 0.29) is 84.1 Å². The minimum absolute atomic E-state index is 0.0419. The first-order valence-electron chi connectivity index (χ1n) is 16.6. The molecule has 5 aliphatic rings. The predicted octanol–water partition coefficient (Wildman–Crippen LogP) is 5.59. The molecule has 49 heavy (non-hydrogen) atoms. The molecule has 13 heteroatoms. The maximum absolute atomic E-state index is 16.9. The van der Waals surface area contributed by atoms with Gasteiger partial charge >= 0.3 is 6.01 Å². The van der Waals surface area contributed by atoms with Crippen LogP contribution in [0, 0.1) is 35.3 Å². The summed E-state index contributed by atoms with van der Waals surface area (Å²) >= 11 is 0. The van der Waals surface area contributed by atoms with Crippen LogP contribution < -0.4 is 15.0 Å². The number of benzene rings is 2. The molecule has 9 rings (SSSR count). The maximum Gasteiger partial charge on any atom is 0.319 e. The third-order valence-electron chi connectivity index (χ3n) is 11.8. The number of nitrogens with one attached hydrogen (secondary N) is 1. The van der Waals surface area contributed by atoms with Crippen molar-refractivity contribution in [2.24, 2.45) is 11.3 Å². The van der Waals surface area contributed by atoms with E-state index in [1.165, 1.54) is 37.4 Å². The number of halogens is 5. The number of aromatic nitrogens is 3. The zero-order valence-electron chi connectivity index (χ0n) is 26.6. The molecule has 1 saturated carbocycles. The topological polar surface area (TPSA) is 86.6 Å². The van der Waals surface area contributed by atoms with Crippen molar-refractivity contribution in [3.63, 3.8) is 0 Å². The van der Waals surface area contributed by atoms with Crippen LogP contribution in [0.25, 0.3) is 32.9 Å². The average Bonchev–Trinajstić information content (AvgIpc) is 3.48. The van der Waals surface area contributed by atoms with E-state index >= 15 is 4.39 Å². The lowest BCUT2D eigenvalue weighted by molar-refractivity contribution is 0.0578. The fourth-order valence-corrected chi connectivity index (χ4v) is 9.30. The van der Waals surface area contributed by atoms with Gasteiger partial charge in [0.25, 0.3) is 5.92 Å². The Hall–Kier alpha value is -4.28. The van der Waals surface area contributed by atoms with E-state index in [1.807, 2.05) is 4.90 Å². The Kier molecular flexibility index (Phi) is 6.51. The molecule has 2 bridgehead atoms. The Morgan fingerprint density at radius 1 is 1.12 bits per heavy atom. The van der Waals surface area contributed by atoms with Crippen molar-refractivity contribution in [2.45, 2.75) is 62.3 Å². The van der Waals surface area contributed by atoms with E-state index in [9.17, 15) is 22.7 Å². The summed E-state index contributed by atoms with van der Waals surface area (Å²) in [6.45, 7) is 2.72. The number of piperazine rings is 1. The van der Waals surface area contributed by atoms with Crippen molar-refractivity contribution in [2.75, 3.05) is 37.7 Å². The van der Waals surface area contributed by atoms with Gasteiger partial charge < -0.3 is 20.1 Å². The normalized spacial score (nSPS) is 31.5. The van der Waals surface area contributed by atoms with Gasteiger partial charge in [0.05, 0.1) is 21.9 Å². The molecule has 1 aliphatic carbocycles. The first-order chi connectivity index (χ1) is 23.4. The third-order valence-corrected chi connectivity index (χ3v) is 11.8. The lowest BCUT2D eigenvalue weighted by Crippen LogP contribution is -2.51. The number of phenols is 1. The minimum Gasteiger partial charge on any atom is -0.508 e. The molecule has 254 valence electrons. The number of terminal acetylenes is 1. The van der Waals surface area contributed by atoms with E-state index < -0.39 is 40.6 Å². The van der Waals surface area contributed by atoms with Gasteiger partial charge in [-0.25, -0.2) is 22.0 Å². The molecule has 6 heterocycles. The second-order valence-electron chi connectivity index (χ2n) is 14.6. The number of ether oxygens (including phenoxy) is 1. The van der Waals surface area contributed by atoms with Gasteiger partial charge in [-0.1, -0.05) is 18.9 Å². The number of hydrogen-bond donors (Lipinski definition) is 2. The number of pyridine rings is 1. The Bertz CT molecular complexity index is 2100. The summed E-state index contributed by atoms with van der Waals surface area (Å²) < 4.78 is 82.4. The third kappa shape index (κ3) is 4.39. The molecule has 2 aromatic carbocycles. The van der Waals surface area contributed by atoms with Crippen LogP contribution in [-0.2, 0) is 0 Å². The molecule has 8 nitrogen and oxygen atoms in total. The summed E-state index contributed by atoms with van der Waals surface area (Å²) in [5, 5.41) is 15.0. The molecular formula is C36H33F5N6O2. The van der Waals surface area contributed by atoms with Crippen molar-refractivity contribution in [1.29, 1.82) is 0 Å². The maximum atomic E-state index is 16.9. The predicted molar refractivity (Wildman–Crippen MR) is 172 cm³/mol. The molecule has 0 amide bonds. The molecule has 4 saturated heterocycles. The van der Waals surface area contributed by atoms with Crippen LogP contribution in [0.15, 0.2) is 30.5 Å². The number of aromatic hydroxyl groups is 1. The van der Waals surface area contributed by atoms with Gasteiger partial charge in [-0.15, -0.1) is 6.42 Å². The van der Waals surface area contributed by atoms with Gasteiger partial charge in [0.15, 0.2) is 5.82 Å². The summed E-state index contributed by atoms with van der Waals surface area (Å²) in [5.41, 5.74) is -2.56. The summed E-state index contributed by atoms with van der Waals surface area (Å²) in [6, 6.07) is 5.56. The Balaban J connectivity index is 1.16. The number of nitrogens with zero attached hydrogens (tertiary/aromatic N) is 5. The highest BCUT2D eigenvalue weighted by Crippen LogP contribution is 2.73. The van der Waals surface area contributed by atoms with E-state index in [0.29, 0.717) is 29.7 Å². The van der Waals surface area contributed by atoms with Gasteiger partial charge in [-0.3, -0.25) is 9.88 Å². The molecule has 4 aliphatic heterocycles. The van der Waals surface area contributed by atoms with E-state index in [4.69, 9.17) is 16.1 Å². The van der Waals surface area contributed by atoms with E-state index in [2.05, 4.69) is 21.2 Å². The van der Waals surface area contributed by atoms with Crippen LogP contribution in [0.3, 0.4) is 0 Å². The van der Waals surface area contributed by atoms with Crippen molar-refractivity contribution in [3.05, 3.63) is 47.7 Å². The number of fused-ring (bicyclic) bond motifs is 5. The van der Waals surface area contributed by atoms with Gasteiger partial charge in [0.2, 0.25) is 0 Å². The summed E-state index contributed by atoms with van der Waals surface area (Å²) in [7, 11) is 0. The minimum atomic E-state index is -2.84. The fraction of sp³-hybridized carbons (Fsp3) is 0.472. The van der Waals surface area contributed by atoms with Crippen molar-refractivity contribution in [1.82, 2.24) is 25.2 Å². The molecule has 1 spiro atoms. The smallest absolute Gasteiger partial charge is 0.319 e. The van der Waals surface area contributed by atoms with Crippen LogP contribution in [0.4, 0.5) is 27.8 Å². The average molecular weight is 677 g/mol. The number of anilines is 1. The Labute approximate surface area is 278 Å². The number of alkyl halides is 3. The Morgan fingerprint density at radius 2 is 1.88 bits per heavy atom. The molecule has 6 atom stereocenters. The quantitative estimate of drug-likeness (QED) is 0.209. The van der Waals surface area contributed by atoms with Gasteiger partial charge in [0.1, 0.15) is 41.4 Å². The van der Waals surface area contributed by atoms with E-state index in [1.54, 1.807) is 4.90 Å². The zero-order chi connectivity index (χ0) is 34.0. The van der Waals surface area contributed by atoms with Crippen molar-refractivity contribution < 1.29 is 31.8 Å². The van der Waals surface area contributed by atoms with Crippen LogP contribution >= 0.6 is 0 Å². The van der Waals surface area contributed by atoms with Crippen LogP contribution in [-0.4, -0.2) is 87.5 Å². The van der Waals surface area contributed by atoms with Crippen LogP contribution in [0.1, 0.15) is 38.2 Å². The first kappa shape index (κ1) is 30.8. The van der Waals surface area contributed by atoms with Crippen molar-refractivity contribution >= 4 is 27.5 Å². The standard InChI is InChI=1S/C36H33F5N6O2/c1-3-24-27(38)7-4-19-8-23(48)9-25(28(19)24)30-29(39)31-26(11-42-30)32(46-13-21-5-6-22(14-46)43-21)45-33(44-31)49-17-34-10-20(37)12-47(34)16-35(15-34)18(2)36(35,40)41/h1,4,7-9,11,18,20-22,43,48H,5-6,10,12-17H2,2H3. The van der Waals surface area contributed by atoms with Gasteiger partial charge in [-0.2, -0.15) is 9.97 Å². The lowest BCUT2D eigenvalue weighted by Gasteiger charge is -2.34. The van der Waals surface area contributed by atoms with Gasteiger partial charge in [0, 0.05) is 67.7 Å². The highest BCUT2D eigenvalue weighted by Gasteiger charge is 2.83. The summed E-state index contributed by atoms with van der Waals surface area (Å²) in [6.07, 6.45) is 8.02. The first-order valence-corrected chi connectivity index (χ1v) is 16.6. The fourth-order valence-electron chi connectivity index (χ4n) is 9.30. The van der Waals surface area contributed by atoms with Gasteiger partial charge in [-0.05, 0) is 42.8 Å². The molecule has 6 unspecified atom stereocenters. The number of rotatable bonds is 5. The molecule has 2 N–H and O–H groups in total. The second-order valence-corrected chi connectivity index (χ2v) is 14.6. The van der Waals surface area contributed by atoms with E-state index in [0.717, 1.165) is 12.8 Å². The van der Waals surface area contributed by atoms with Crippen LogP contribution in [0.2, 0.25) is 0 Å². The zero-order valence-corrected chi connectivity index (χ0v) is 26.6. The SMILES string of the molecule is C#Cc1c(F)ccc2cc(O)cc(-c3ncc4c(N5CC6CCC(C5)N6)nc(OCC56CC(F)CN5CC5(C6)C(C)C5(F)F)nc4c3F)c12. The molecule has 4 aromatic rings. The molecule has 5 fully saturated rings. The number of phenolic OH excluding ortho intramolecular Hbond substituents is 1.